The quantitative estimate of drug-likeness (QED) is 0.890. The number of carbonyl (C=O) groups excluding carboxylic acids is 1. The molecule has 1 aromatic rings. The summed E-state index contributed by atoms with van der Waals surface area (Å²) in [5, 5.41) is 3.37. The van der Waals surface area contributed by atoms with Gasteiger partial charge in [-0.15, -0.1) is 0 Å². The smallest absolute Gasteiger partial charge is 0.239 e. The number of para-hydroxylation sites is 1. The Morgan fingerprint density at radius 2 is 1.84 bits per heavy atom. The topological polar surface area (TPSA) is 38.8 Å². The minimum atomic E-state index is -0.841. The van der Waals surface area contributed by atoms with Crippen molar-refractivity contribution in [3.8, 4) is 0 Å². The van der Waals surface area contributed by atoms with Gasteiger partial charge in [0.25, 0.3) is 0 Å². The summed E-state index contributed by atoms with van der Waals surface area (Å²) in [6.07, 6.45) is 0.494. The number of nitrogens with zero attached hydrogens (tertiary/aromatic N) is 3. The lowest BCUT2D eigenvalue weighted by molar-refractivity contribution is -0.132. The summed E-state index contributed by atoms with van der Waals surface area (Å²) in [7, 11) is 0. The van der Waals surface area contributed by atoms with Gasteiger partial charge >= 0.3 is 0 Å². The van der Waals surface area contributed by atoms with E-state index in [1.807, 2.05) is 6.07 Å². The third kappa shape index (κ3) is 3.65. The fourth-order valence-electron chi connectivity index (χ4n) is 4.31. The highest BCUT2D eigenvalue weighted by atomic mass is 19.1. The van der Waals surface area contributed by atoms with Crippen LogP contribution in [0.5, 0.6) is 0 Å². The number of carbonyl (C=O) groups is 1. The van der Waals surface area contributed by atoms with Gasteiger partial charge in [-0.3, -0.25) is 9.69 Å². The molecule has 0 aliphatic carbocycles. The van der Waals surface area contributed by atoms with Crippen molar-refractivity contribution in [3.63, 3.8) is 0 Å². The van der Waals surface area contributed by atoms with Crippen LogP contribution in [0.15, 0.2) is 30.3 Å². The summed E-state index contributed by atoms with van der Waals surface area (Å²) in [5.41, 5.74) is 1.29. The van der Waals surface area contributed by atoms with Crippen molar-refractivity contribution in [2.75, 3.05) is 50.7 Å². The zero-order valence-corrected chi connectivity index (χ0v) is 14.6. The fourth-order valence-corrected chi connectivity index (χ4v) is 4.31. The summed E-state index contributed by atoms with van der Waals surface area (Å²) in [6, 6.07) is 10.8. The van der Waals surface area contributed by atoms with Crippen molar-refractivity contribution in [3.05, 3.63) is 30.3 Å². The van der Waals surface area contributed by atoms with Gasteiger partial charge < -0.3 is 15.1 Å². The number of piperazine rings is 1. The van der Waals surface area contributed by atoms with Crippen molar-refractivity contribution < 1.29 is 9.18 Å². The molecule has 0 radical (unpaired) electrons. The van der Waals surface area contributed by atoms with Crippen LogP contribution in [0.25, 0.3) is 0 Å². The van der Waals surface area contributed by atoms with Crippen LogP contribution in [-0.2, 0) is 4.79 Å². The highest BCUT2D eigenvalue weighted by molar-refractivity contribution is 5.82. The van der Waals surface area contributed by atoms with Crippen LogP contribution in [0.3, 0.4) is 0 Å². The van der Waals surface area contributed by atoms with Crippen molar-refractivity contribution in [2.45, 2.75) is 31.1 Å². The minimum Gasteiger partial charge on any atom is -0.369 e. The largest absolute Gasteiger partial charge is 0.369 e. The Kier molecular flexibility index (Phi) is 4.90. The van der Waals surface area contributed by atoms with E-state index in [0.29, 0.717) is 19.0 Å². The number of benzene rings is 1. The van der Waals surface area contributed by atoms with Crippen molar-refractivity contribution in [1.82, 2.24) is 15.1 Å². The number of amides is 1. The van der Waals surface area contributed by atoms with Gasteiger partial charge in [-0.2, -0.15) is 0 Å². The first-order valence-corrected chi connectivity index (χ1v) is 9.41. The third-order valence-electron chi connectivity index (χ3n) is 5.80. The highest BCUT2D eigenvalue weighted by Crippen LogP contribution is 2.22. The summed E-state index contributed by atoms with van der Waals surface area (Å²) in [5.74, 6) is 0.0885. The average Bonchev–Trinajstić information content (AvgIpc) is 3.31. The maximum absolute atomic E-state index is 13.3. The van der Waals surface area contributed by atoms with Crippen LogP contribution in [0.4, 0.5) is 10.1 Å². The molecule has 25 heavy (non-hydrogen) atoms. The second kappa shape index (κ2) is 7.30. The number of anilines is 1. The van der Waals surface area contributed by atoms with E-state index in [1.54, 1.807) is 4.90 Å². The summed E-state index contributed by atoms with van der Waals surface area (Å²) >= 11 is 0. The Morgan fingerprint density at radius 3 is 2.52 bits per heavy atom. The minimum absolute atomic E-state index is 0.0885. The number of halogens is 1. The first kappa shape index (κ1) is 16.8. The van der Waals surface area contributed by atoms with E-state index in [4.69, 9.17) is 0 Å². The first-order valence-electron chi connectivity index (χ1n) is 9.41. The SMILES string of the molecule is O=C([C@@H]1C[C@H](N2CCN(c3ccccc3)CC2)CN1)N1CCC(F)C1. The van der Waals surface area contributed by atoms with Crippen molar-refractivity contribution in [1.29, 1.82) is 0 Å². The maximum atomic E-state index is 13.3. The van der Waals surface area contributed by atoms with Gasteiger partial charge in [0.2, 0.25) is 5.91 Å². The molecule has 1 unspecified atom stereocenters. The van der Waals surface area contributed by atoms with E-state index >= 15 is 0 Å². The van der Waals surface area contributed by atoms with E-state index in [9.17, 15) is 9.18 Å². The highest BCUT2D eigenvalue weighted by Gasteiger charge is 2.37. The van der Waals surface area contributed by atoms with Crippen LogP contribution in [-0.4, -0.2) is 79.8 Å². The Hall–Kier alpha value is -1.66. The van der Waals surface area contributed by atoms with E-state index in [1.165, 1.54) is 5.69 Å². The van der Waals surface area contributed by atoms with Crippen molar-refractivity contribution in [2.24, 2.45) is 0 Å². The van der Waals surface area contributed by atoms with Gasteiger partial charge in [-0.25, -0.2) is 4.39 Å². The molecule has 0 saturated carbocycles. The molecule has 0 bridgehead atoms. The lowest BCUT2D eigenvalue weighted by atomic mass is 10.1. The molecule has 4 rings (SSSR count). The molecule has 3 saturated heterocycles. The Labute approximate surface area is 148 Å². The monoisotopic (exact) mass is 346 g/mol. The molecule has 1 aromatic carbocycles. The molecule has 5 nitrogen and oxygen atoms in total. The van der Waals surface area contributed by atoms with Crippen molar-refractivity contribution >= 4 is 11.6 Å². The molecule has 136 valence electrons. The molecule has 1 N–H and O–H groups in total. The van der Waals surface area contributed by atoms with Gasteiger partial charge in [-0.05, 0) is 25.0 Å². The van der Waals surface area contributed by atoms with Crippen LogP contribution in [0.1, 0.15) is 12.8 Å². The van der Waals surface area contributed by atoms with E-state index in [-0.39, 0.29) is 18.5 Å². The molecule has 3 fully saturated rings. The van der Waals surface area contributed by atoms with Crippen LogP contribution >= 0.6 is 0 Å². The fraction of sp³-hybridized carbons (Fsp3) is 0.632. The standard InChI is InChI=1S/C19H27FN4O/c20-15-6-7-24(14-15)19(25)18-12-17(13-21-18)23-10-8-22(9-11-23)16-4-2-1-3-5-16/h1-5,15,17-18,21H,6-14H2/t15?,17-,18-/m0/s1. The predicted octanol–water partition coefficient (Wildman–Crippen LogP) is 1.11. The van der Waals surface area contributed by atoms with Gasteiger partial charge in [0.05, 0.1) is 12.6 Å². The van der Waals surface area contributed by atoms with E-state index in [0.717, 1.165) is 39.1 Å². The molecule has 1 amide bonds. The number of alkyl halides is 1. The third-order valence-corrected chi connectivity index (χ3v) is 5.80. The number of nitrogens with one attached hydrogen (secondary N) is 1. The summed E-state index contributed by atoms with van der Waals surface area (Å²) in [6.45, 7) is 5.80. The molecule has 3 heterocycles. The van der Waals surface area contributed by atoms with E-state index < -0.39 is 6.17 Å². The molecule has 0 spiro atoms. The normalized spacial score (nSPS) is 30.8. The molecule has 6 heteroatoms. The number of rotatable bonds is 3. The van der Waals surface area contributed by atoms with Gasteiger partial charge in [0, 0.05) is 51.0 Å². The molecule has 3 atom stereocenters. The summed E-state index contributed by atoms with van der Waals surface area (Å²) in [4.78, 5) is 19.1. The first-order chi connectivity index (χ1) is 12.2. The molecule has 0 aromatic heterocycles. The van der Waals surface area contributed by atoms with E-state index in [2.05, 4.69) is 39.4 Å². The Morgan fingerprint density at radius 1 is 1.08 bits per heavy atom. The second-order valence-corrected chi connectivity index (χ2v) is 7.38. The molecule has 3 aliphatic rings. The zero-order valence-electron chi connectivity index (χ0n) is 14.6. The molecular formula is C19H27FN4O. The Balaban J connectivity index is 1.28. The number of likely N-dealkylation sites (tertiary alicyclic amines) is 1. The van der Waals surface area contributed by atoms with Crippen LogP contribution in [0, 0.1) is 0 Å². The molecular weight excluding hydrogens is 319 g/mol. The lowest BCUT2D eigenvalue weighted by Crippen LogP contribution is -2.51. The van der Waals surface area contributed by atoms with Gasteiger partial charge in [-0.1, -0.05) is 18.2 Å². The number of hydrogen-bond donors (Lipinski definition) is 1. The Bertz CT molecular complexity index is 590. The van der Waals surface area contributed by atoms with Crippen LogP contribution in [0.2, 0.25) is 0 Å². The zero-order chi connectivity index (χ0) is 17.2. The second-order valence-electron chi connectivity index (χ2n) is 7.38. The molecule has 3 aliphatic heterocycles. The number of hydrogen-bond acceptors (Lipinski definition) is 4. The van der Waals surface area contributed by atoms with Crippen LogP contribution < -0.4 is 10.2 Å². The van der Waals surface area contributed by atoms with Gasteiger partial charge in [0.15, 0.2) is 0 Å². The lowest BCUT2D eigenvalue weighted by Gasteiger charge is -2.39. The predicted molar refractivity (Wildman–Crippen MR) is 96.5 cm³/mol. The maximum Gasteiger partial charge on any atom is 0.239 e. The van der Waals surface area contributed by atoms with Gasteiger partial charge in [0.1, 0.15) is 6.17 Å². The average molecular weight is 346 g/mol. The summed E-state index contributed by atoms with van der Waals surface area (Å²) < 4.78 is 13.3.